The standard InChI is InChI=1S/C15H20N2O4S/c1-15(2)8(6-21-12-4-3-10(19)16-12)5-9(18)13-14(15)22-7-11(20)17-13/h8,12H,3-7H2,1-2H3,(H,16,19)(H,17,20)/t8-,12+/m1/s1. The molecule has 0 bridgehead atoms. The van der Waals surface area contributed by atoms with Crippen LogP contribution in [0.1, 0.15) is 33.1 Å². The first kappa shape index (κ1) is 15.6. The van der Waals surface area contributed by atoms with Crippen molar-refractivity contribution in [1.29, 1.82) is 0 Å². The van der Waals surface area contributed by atoms with Gasteiger partial charge in [0, 0.05) is 29.6 Å². The van der Waals surface area contributed by atoms with Crippen LogP contribution in [0, 0.1) is 11.3 Å². The maximum Gasteiger partial charge on any atom is 0.234 e. The Hall–Kier alpha value is -1.34. The first-order valence-corrected chi connectivity index (χ1v) is 8.48. The Morgan fingerprint density at radius 1 is 1.27 bits per heavy atom. The van der Waals surface area contributed by atoms with Crippen molar-refractivity contribution in [2.24, 2.45) is 11.3 Å². The number of rotatable bonds is 3. The van der Waals surface area contributed by atoms with E-state index in [0.717, 1.165) is 4.91 Å². The number of thioether (sulfide) groups is 1. The molecular formula is C15H20N2O4S. The van der Waals surface area contributed by atoms with Crippen LogP contribution >= 0.6 is 11.8 Å². The Morgan fingerprint density at radius 2 is 2.05 bits per heavy atom. The van der Waals surface area contributed by atoms with Crippen molar-refractivity contribution in [3.63, 3.8) is 0 Å². The number of carbonyl (C=O) groups is 3. The van der Waals surface area contributed by atoms with Gasteiger partial charge in [-0.25, -0.2) is 0 Å². The van der Waals surface area contributed by atoms with Crippen LogP contribution in [-0.2, 0) is 19.1 Å². The summed E-state index contributed by atoms with van der Waals surface area (Å²) in [6.45, 7) is 4.59. The zero-order valence-electron chi connectivity index (χ0n) is 12.7. The summed E-state index contributed by atoms with van der Waals surface area (Å²) >= 11 is 1.45. The van der Waals surface area contributed by atoms with Gasteiger partial charge < -0.3 is 15.4 Å². The lowest BCUT2D eigenvalue weighted by molar-refractivity contribution is -0.124. The lowest BCUT2D eigenvalue weighted by Crippen LogP contribution is -2.45. The number of carbonyl (C=O) groups excluding carboxylic acids is 3. The van der Waals surface area contributed by atoms with E-state index >= 15 is 0 Å². The van der Waals surface area contributed by atoms with Gasteiger partial charge in [0.15, 0.2) is 5.78 Å². The van der Waals surface area contributed by atoms with Crippen molar-refractivity contribution in [2.45, 2.75) is 39.3 Å². The fraction of sp³-hybridized carbons (Fsp3) is 0.667. The molecule has 0 unspecified atom stereocenters. The van der Waals surface area contributed by atoms with Crippen LogP contribution in [-0.4, -0.2) is 36.2 Å². The third kappa shape index (κ3) is 2.79. The smallest absolute Gasteiger partial charge is 0.234 e. The predicted molar refractivity (Wildman–Crippen MR) is 81.6 cm³/mol. The first-order valence-electron chi connectivity index (χ1n) is 7.49. The molecule has 0 aromatic heterocycles. The highest BCUT2D eigenvalue weighted by Gasteiger charge is 2.45. The minimum absolute atomic E-state index is 0.0134. The molecule has 3 rings (SSSR count). The second-order valence-electron chi connectivity index (χ2n) is 6.52. The highest BCUT2D eigenvalue weighted by atomic mass is 32.2. The average molecular weight is 324 g/mol. The van der Waals surface area contributed by atoms with E-state index in [1.807, 2.05) is 0 Å². The van der Waals surface area contributed by atoms with E-state index in [9.17, 15) is 14.4 Å². The summed E-state index contributed by atoms with van der Waals surface area (Å²) in [5.74, 6) is 0.260. The summed E-state index contributed by atoms with van der Waals surface area (Å²) in [6, 6.07) is 0. The fourth-order valence-electron chi connectivity index (χ4n) is 3.12. The number of allylic oxidation sites excluding steroid dienone is 2. The number of amides is 2. The van der Waals surface area contributed by atoms with E-state index in [-0.39, 0.29) is 35.2 Å². The molecule has 22 heavy (non-hydrogen) atoms. The molecule has 0 aromatic rings. The second-order valence-corrected chi connectivity index (χ2v) is 7.50. The van der Waals surface area contributed by atoms with Crippen molar-refractivity contribution in [2.75, 3.05) is 12.4 Å². The molecule has 0 aromatic carbocycles. The number of hydrogen-bond acceptors (Lipinski definition) is 5. The minimum atomic E-state index is -0.243. The van der Waals surface area contributed by atoms with Crippen LogP contribution in [0.3, 0.4) is 0 Å². The second kappa shape index (κ2) is 5.70. The zero-order valence-corrected chi connectivity index (χ0v) is 13.5. The van der Waals surface area contributed by atoms with E-state index in [1.54, 1.807) is 0 Å². The summed E-state index contributed by atoms with van der Waals surface area (Å²) < 4.78 is 5.79. The molecule has 2 heterocycles. The Morgan fingerprint density at radius 3 is 2.73 bits per heavy atom. The Balaban J connectivity index is 1.72. The summed E-state index contributed by atoms with van der Waals surface area (Å²) in [7, 11) is 0. The lowest BCUT2D eigenvalue weighted by Gasteiger charge is -2.42. The van der Waals surface area contributed by atoms with Gasteiger partial charge in [-0.3, -0.25) is 14.4 Å². The SMILES string of the molecule is CC1(C)C2=C(NC(=O)CS2)C(=O)C[C@@H]1CO[C@H]1CCC(=O)N1. The molecule has 6 nitrogen and oxygen atoms in total. The van der Waals surface area contributed by atoms with E-state index in [0.29, 0.717) is 37.3 Å². The van der Waals surface area contributed by atoms with Gasteiger partial charge in [-0.1, -0.05) is 13.8 Å². The molecule has 120 valence electrons. The maximum atomic E-state index is 12.3. The first-order chi connectivity index (χ1) is 10.4. The predicted octanol–water partition coefficient (Wildman–Crippen LogP) is 0.929. The van der Waals surface area contributed by atoms with Gasteiger partial charge in [0.25, 0.3) is 0 Å². The lowest BCUT2D eigenvalue weighted by atomic mass is 9.71. The summed E-state index contributed by atoms with van der Waals surface area (Å²) in [6.07, 6.45) is 1.29. The molecule has 1 saturated heterocycles. The molecule has 2 N–H and O–H groups in total. The molecule has 2 atom stereocenters. The van der Waals surface area contributed by atoms with Crippen molar-refractivity contribution in [3.8, 4) is 0 Å². The van der Waals surface area contributed by atoms with Gasteiger partial charge in [-0.05, 0) is 5.92 Å². The van der Waals surface area contributed by atoms with Crippen molar-refractivity contribution in [1.82, 2.24) is 10.6 Å². The van der Waals surface area contributed by atoms with Gasteiger partial charge >= 0.3 is 0 Å². The molecule has 2 amide bonds. The summed E-state index contributed by atoms with van der Waals surface area (Å²) in [4.78, 5) is 36.0. The Bertz CT molecular complexity index is 570. The highest BCUT2D eigenvalue weighted by molar-refractivity contribution is 8.03. The number of ether oxygens (including phenoxy) is 1. The van der Waals surface area contributed by atoms with Crippen LogP contribution in [0.5, 0.6) is 0 Å². The Labute approximate surface area is 133 Å². The van der Waals surface area contributed by atoms with Gasteiger partial charge in [-0.2, -0.15) is 0 Å². The number of nitrogens with one attached hydrogen (secondary N) is 2. The van der Waals surface area contributed by atoms with Crippen LogP contribution in [0.25, 0.3) is 0 Å². The molecule has 2 aliphatic heterocycles. The molecule has 7 heteroatoms. The van der Waals surface area contributed by atoms with Crippen molar-refractivity contribution in [3.05, 3.63) is 10.6 Å². The molecule has 0 spiro atoms. The number of hydrogen-bond donors (Lipinski definition) is 2. The Kier molecular flexibility index (Phi) is 4.03. The van der Waals surface area contributed by atoms with E-state index in [2.05, 4.69) is 24.5 Å². The molecule has 1 aliphatic carbocycles. The molecule has 3 aliphatic rings. The van der Waals surface area contributed by atoms with Gasteiger partial charge in [-0.15, -0.1) is 11.8 Å². The van der Waals surface area contributed by atoms with Crippen molar-refractivity contribution >= 4 is 29.4 Å². The molecule has 0 saturated carbocycles. The van der Waals surface area contributed by atoms with Gasteiger partial charge in [0.1, 0.15) is 6.23 Å². The zero-order chi connectivity index (χ0) is 15.9. The molecular weight excluding hydrogens is 304 g/mol. The highest BCUT2D eigenvalue weighted by Crippen LogP contribution is 2.49. The fourth-order valence-corrected chi connectivity index (χ4v) is 4.32. The third-order valence-corrected chi connectivity index (χ3v) is 6.04. The normalized spacial score (nSPS) is 30.9. The van der Waals surface area contributed by atoms with Crippen LogP contribution in [0.15, 0.2) is 10.6 Å². The van der Waals surface area contributed by atoms with E-state index < -0.39 is 0 Å². The monoisotopic (exact) mass is 324 g/mol. The van der Waals surface area contributed by atoms with Crippen LogP contribution in [0.4, 0.5) is 0 Å². The topological polar surface area (TPSA) is 84.5 Å². The van der Waals surface area contributed by atoms with Crippen LogP contribution < -0.4 is 10.6 Å². The quantitative estimate of drug-likeness (QED) is 0.807. The number of Topliss-reactive ketones (excluding diaryl/α,β-unsaturated/α-hetero) is 1. The molecule has 0 radical (unpaired) electrons. The van der Waals surface area contributed by atoms with E-state index in [4.69, 9.17) is 4.74 Å². The largest absolute Gasteiger partial charge is 0.358 e. The third-order valence-electron chi connectivity index (χ3n) is 4.61. The van der Waals surface area contributed by atoms with Crippen molar-refractivity contribution < 1.29 is 19.1 Å². The van der Waals surface area contributed by atoms with Gasteiger partial charge in [0.2, 0.25) is 11.8 Å². The summed E-state index contributed by atoms with van der Waals surface area (Å²) in [5, 5.41) is 5.49. The minimum Gasteiger partial charge on any atom is -0.358 e. The summed E-state index contributed by atoms with van der Waals surface area (Å²) in [5.41, 5.74) is 0.237. The van der Waals surface area contributed by atoms with Crippen LogP contribution in [0.2, 0.25) is 0 Å². The van der Waals surface area contributed by atoms with E-state index in [1.165, 1.54) is 11.8 Å². The average Bonchev–Trinajstić information content (AvgIpc) is 2.87. The molecule has 1 fully saturated rings. The number of ketones is 1. The maximum absolute atomic E-state index is 12.3. The van der Waals surface area contributed by atoms with Gasteiger partial charge in [0.05, 0.1) is 18.1 Å².